The van der Waals surface area contributed by atoms with E-state index < -0.39 is 0 Å². The third-order valence-corrected chi connectivity index (χ3v) is 4.29. The molecule has 0 bridgehead atoms. The molecule has 114 valence electrons. The maximum atomic E-state index is 14.0. The molecule has 0 unspecified atom stereocenters. The SMILES string of the molecule is Cc1ccccc1N(C)c1cccc2c1oc1c(F)cccc12. The van der Waals surface area contributed by atoms with E-state index in [-0.39, 0.29) is 5.82 Å². The summed E-state index contributed by atoms with van der Waals surface area (Å²) in [4.78, 5) is 2.08. The summed E-state index contributed by atoms with van der Waals surface area (Å²) in [5, 5.41) is 1.73. The third kappa shape index (κ3) is 2.08. The molecule has 0 saturated heterocycles. The summed E-state index contributed by atoms with van der Waals surface area (Å²) in [6, 6.07) is 19.1. The van der Waals surface area contributed by atoms with Crippen LogP contribution >= 0.6 is 0 Å². The minimum Gasteiger partial charge on any atom is -0.451 e. The van der Waals surface area contributed by atoms with Crippen LogP contribution in [-0.4, -0.2) is 7.05 Å². The monoisotopic (exact) mass is 305 g/mol. The lowest BCUT2D eigenvalue weighted by molar-refractivity contribution is 0.584. The van der Waals surface area contributed by atoms with Gasteiger partial charge in [0.15, 0.2) is 17.0 Å². The molecule has 1 aromatic heterocycles. The number of halogens is 1. The van der Waals surface area contributed by atoms with Crippen LogP contribution in [0.3, 0.4) is 0 Å². The highest BCUT2D eigenvalue weighted by molar-refractivity contribution is 6.09. The van der Waals surface area contributed by atoms with Gasteiger partial charge in [-0.1, -0.05) is 42.5 Å². The van der Waals surface area contributed by atoms with Crippen LogP contribution in [0.15, 0.2) is 65.1 Å². The molecule has 4 rings (SSSR count). The van der Waals surface area contributed by atoms with E-state index in [1.807, 2.05) is 43.4 Å². The van der Waals surface area contributed by atoms with Gasteiger partial charge in [-0.15, -0.1) is 0 Å². The van der Waals surface area contributed by atoms with Gasteiger partial charge < -0.3 is 9.32 Å². The Bertz CT molecular complexity index is 1020. The summed E-state index contributed by atoms with van der Waals surface area (Å²) in [6.07, 6.45) is 0. The lowest BCUT2D eigenvalue weighted by atomic mass is 10.1. The molecule has 1 heterocycles. The van der Waals surface area contributed by atoms with Gasteiger partial charge in [0, 0.05) is 23.5 Å². The number of anilines is 2. The summed E-state index contributed by atoms with van der Waals surface area (Å²) in [5.41, 5.74) is 4.22. The maximum Gasteiger partial charge on any atom is 0.171 e. The number of rotatable bonds is 2. The first-order valence-electron chi connectivity index (χ1n) is 7.56. The van der Waals surface area contributed by atoms with Crippen molar-refractivity contribution in [3.05, 3.63) is 72.0 Å². The van der Waals surface area contributed by atoms with Crippen LogP contribution in [0.5, 0.6) is 0 Å². The maximum absolute atomic E-state index is 14.0. The smallest absolute Gasteiger partial charge is 0.171 e. The van der Waals surface area contributed by atoms with Gasteiger partial charge in [-0.25, -0.2) is 4.39 Å². The van der Waals surface area contributed by atoms with Crippen molar-refractivity contribution in [1.82, 2.24) is 0 Å². The Morgan fingerprint density at radius 3 is 2.22 bits per heavy atom. The first-order chi connectivity index (χ1) is 11.2. The highest BCUT2D eigenvalue weighted by atomic mass is 19.1. The van der Waals surface area contributed by atoms with Gasteiger partial charge in [-0.2, -0.15) is 0 Å². The Morgan fingerprint density at radius 1 is 0.783 bits per heavy atom. The largest absolute Gasteiger partial charge is 0.451 e. The molecular formula is C20H16FNO. The van der Waals surface area contributed by atoms with Crippen LogP contribution in [0.4, 0.5) is 15.8 Å². The fourth-order valence-corrected chi connectivity index (χ4v) is 3.10. The van der Waals surface area contributed by atoms with Gasteiger partial charge >= 0.3 is 0 Å². The second-order valence-electron chi connectivity index (χ2n) is 5.72. The predicted octanol–water partition coefficient (Wildman–Crippen LogP) is 5.80. The zero-order valence-electron chi connectivity index (χ0n) is 13.0. The van der Waals surface area contributed by atoms with E-state index in [0.717, 1.165) is 22.1 Å². The Balaban J connectivity index is 1.99. The molecule has 0 aliphatic heterocycles. The molecule has 3 aromatic carbocycles. The second-order valence-corrected chi connectivity index (χ2v) is 5.72. The molecule has 0 radical (unpaired) electrons. The van der Waals surface area contributed by atoms with Crippen molar-refractivity contribution in [2.75, 3.05) is 11.9 Å². The van der Waals surface area contributed by atoms with E-state index in [4.69, 9.17) is 4.42 Å². The van der Waals surface area contributed by atoms with Crippen LogP contribution in [0.2, 0.25) is 0 Å². The molecule has 23 heavy (non-hydrogen) atoms. The predicted molar refractivity (Wildman–Crippen MR) is 92.9 cm³/mol. The van der Waals surface area contributed by atoms with Crippen LogP contribution in [0.1, 0.15) is 5.56 Å². The van der Waals surface area contributed by atoms with Crippen molar-refractivity contribution in [3.8, 4) is 0 Å². The van der Waals surface area contributed by atoms with Crippen molar-refractivity contribution < 1.29 is 8.81 Å². The molecule has 0 spiro atoms. The molecule has 0 saturated carbocycles. The third-order valence-electron chi connectivity index (χ3n) is 4.29. The van der Waals surface area contributed by atoms with E-state index in [2.05, 4.69) is 24.0 Å². The van der Waals surface area contributed by atoms with Crippen LogP contribution < -0.4 is 4.90 Å². The van der Waals surface area contributed by atoms with Crippen molar-refractivity contribution in [2.24, 2.45) is 0 Å². The van der Waals surface area contributed by atoms with E-state index in [9.17, 15) is 4.39 Å². The Kier molecular flexibility index (Phi) is 3.08. The lowest BCUT2D eigenvalue weighted by Gasteiger charge is -2.21. The highest BCUT2D eigenvalue weighted by Crippen LogP contribution is 2.38. The lowest BCUT2D eigenvalue weighted by Crippen LogP contribution is -2.10. The van der Waals surface area contributed by atoms with Crippen molar-refractivity contribution in [2.45, 2.75) is 6.92 Å². The summed E-state index contributed by atoms with van der Waals surface area (Å²) >= 11 is 0. The second kappa shape index (κ2) is 5.13. The normalized spacial score (nSPS) is 11.3. The summed E-state index contributed by atoms with van der Waals surface area (Å²) in [6.45, 7) is 2.07. The average molecular weight is 305 g/mol. The quantitative estimate of drug-likeness (QED) is 0.465. The standard InChI is InChI=1S/C20H16FNO/c1-13-7-3-4-11-17(13)22(2)18-12-6-9-15-14-8-5-10-16(21)19(14)23-20(15)18/h3-12H,1-2H3. The minimum absolute atomic E-state index is 0.313. The number of nitrogens with zero attached hydrogens (tertiary/aromatic N) is 1. The van der Waals surface area contributed by atoms with Crippen molar-refractivity contribution in [1.29, 1.82) is 0 Å². The number of fused-ring (bicyclic) bond motifs is 3. The topological polar surface area (TPSA) is 16.4 Å². The average Bonchev–Trinajstić information content (AvgIpc) is 2.95. The highest BCUT2D eigenvalue weighted by Gasteiger charge is 2.16. The molecule has 2 nitrogen and oxygen atoms in total. The van der Waals surface area contributed by atoms with Crippen LogP contribution in [0, 0.1) is 12.7 Å². The first-order valence-corrected chi connectivity index (χ1v) is 7.56. The number of hydrogen-bond donors (Lipinski definition) is 0. The van der Waals surface area contributed by atoms with Gasteiger partial charge in [-0.05, 0) is 30.7 Å². The molecule has 4 aromatic rings. The number of furan rings is 1. The number of para-hydroxylation sites is 3. The zero-order chi connectivity index (χ0) is 16.0. The first kappa shape index (κ1) is 13.8. The van der Waals surface area contributed by atoms with Crippen molar-refractivity contribution >= 4 is 33.3 Å². The molecule has 0 amide bonds. The van der Waals surface area contributed by atoms with E-state index in [0.29, 0.717) is 11.2 Å². The molecule has 0 fully saturated rings. The fourth-order valence-electron chi connectivity index (χ4n) is 3.10. The molecule has 0 aliphatic carbocycles. The number of aryl methyl sites for hydroxylation is 1. The zero-order valence-corrected chi connectivity index (χ0v) is 13.0. The van der Waals surface area contributed by atoms with E-state index in [1.165, 1.54) is 11.6 Å². The Hall–Kier alpha value is -2.81. The van der Waals surface area contributed by atoms with Gasteiger partial charge in [0.1, 0.15) is 0 Å². The molecule has 0 atom stereocenters. The van der Waals surface area contributed by atoms with E-state index >= 15 is 0 Å². The van der Waals surface area contributed by atoms with E-state index in [1.54, 1.807) is 6.07 Å². The summed E-state index contributed by atoms with van der Waals surface area (Å²) in [5.74, 6) is -0.330. The van der Waals surface area contributed by atoms with Gasteiger partial charge in [0.25, 0.3) is 0 Å². The number of benzene rings is 3. The molecule has 0 N–H and O–H groups in total. The minimum atomic E-state index is -0.330. The molecule has 3 heteroatoms. The van der Waals surface area contributed by atoms with Crippen molar-refractivity contribution in [3.63, 3.8) is 0 Å². The summed E-state index contributed by atoms with van der Waals surface area (Å²) in [7, 11) is 2.00. The van der Waals surface area contributed by atoms with Crippen LogP contribution in [0.25, 0.3) is 21.9 Å². The van der Waals surface area contributed by atoms with Gasteiger partial charge in [0.05, 0.1) is 5.69 Å². The Morgan fingerprint density at radius 2 is 1.43 bits per heavy atom. The van der Waals surface area contributed by atoms with Crippen LogP contribution in [-0.2, 0) is 0 Å². The number of hydrogen-bond acceptors (Lipinski definition) is 2. The Labute approximate surface area is 133 Å². The fraction of sp³-hybridized carbons (Fsp3) is 0.100. The van der Waals surface area contributed by atoms with Gasteiger partial charge in [0.2, 0.25) is 0 Å². The summed E-state index contributed by atoms with van der Waals surface area (Å²) < 4.78 is 19.9. The van der Waals surface area contributed by atoms with Gasteiger partial charge in [-0.3, -0.25) is 0 Å². The molecule has 0 aliphatic rings. The molecular weight excluding hydrogens is 289 g/mol.